The van der Waals surface area contributed by atoms with E-state index in [1.54, 1.807) is 0 Å². The molecule has 0 aliphatic heterocycles. The normalized spacial score (nSPS) is 9.72. The second-order valence-electron chi connectivity index (χ2n) is 6.31. The molecule has 128 valence electrons. The second-order valence-corrected chi connectivity index (χ2v) is 6.31. The van der Waals surface area contributed by atoms with Crippen LogP contribution in [0.2, 0.25) is 0 Å². The highest BCUT2D eigenvalue weighted by molar-refractivity contribution is 5.67. The zero-order valence-electron chi connectivity index (χ0n) is 15.7. The van der Waals surface area contributed by atoms with Crippen molar-refractivity contribution >= 4 is 5.70 Å². The monoisotopic (exact) mass is 329 g/mol. The minimum Gasteiger partial charge on any atom is -0.311 e. The van der Waals surface area contributed by atoms with E-state index in [9.17, 15) is 0 Å². The van der Waals surface area contributed by atoms with Gasteiger partial charge in [0.05, 0.1) is 0 Å². The lowest BCUT2D eigenvalue weighted by atomic mass is 10.1. The van der Waals surface area contributed by atoms with Gasteiger partial charge in [0, 0.05) is 17.0 Å². The van der Waals surface area contributed by atoms with E-state index < -0.39 is 0 Å². The summed E-state index contributed by atoms with van der Waals surface area (Å²) in [6.07, 6.45) is 6.27. The van der Waals surface area contributed by atoms with Crippen LogP contribution in [0.15, 0.2) is 65.9 Å². The first-order chi connectivity index (χ1) is 12.2. The van der Waals surface area contributed by atoms with E-state index in [1.165, 1.54) is 42.6 Å². The zero-order valence-corrected chi connectivity index (χ0v) is 15.7. The highest BCUT2D eigenvalue weighted by Crippen LogP contribution is 2.25. The van der Waals surface area contributed by atoms with E-state index in [2.05, 4.69) is 73.0 Å². The van der Waals surface area contributed by atoms with Gasteiger partial charge in [0.25, 0.3) is 0 Å². The van der Waals surface area contributed by atoms with Crippen LogP contribution < -0.4 is 0 Å². The zero-order chi connectivity index (χ0) is 18.1. The first-order valence-corrected chi connectivity index (χ1v) is 9.07. The summed E-state index contributed by atoms with van der Waals surface area (Å²) in [5.74, 6) is 0. The summed E-state index contributed by atoms with van der Waals surface area (Å²) >= 11 is 0. The lowest BCUT2D eigenvalue weighted by molar-refractivity contribution is 0.665. The van der Waals surface area contributed by atoms with Crippen molar-refractivity contribution in [2.24, 2.45) is 0 Å². The van der Waals surface area contributed by atoms with Gasteiger partial charge in [-0.1, -0.05) is 62.2 Å². The number of aromatic nitrogens is 1. The third-order valence-corrected chi connectivity index (χ3v) is 4.44. The van der Waals surface area contributed by atoms with E-state index >= 15 is 0 Å². The summed E-state index contributed by atoms with van der Waals surface area (Å²) in [7, 11) is 0. The summed E-state index contributed by atoms with van der Waals surface area (Å²) in [6.45, 7) is 10.1. The quantitative estimate of drug-likeness (QED) is 0.411. The van der Waals surface area contributed by atoms with Gasteiger partial charge < -0.3 is 4.57 Å². The molecule has 0 aliphatic rings. The van der Waals surface area contributed by atoms with Crippen LogP contribution in [-0.2, 0) is 6.42 Å². The number of rotatable bonds is 7. The molecule has 0 unspecified atom stereocenters. The maximum absolute atomic E-state index is 3.54. The standard InChI is InChI=1S/C24H27N/c1-5-7-9-12-17-23-19-20(3)25(21(23)4)24(18-11-8-6-2)22-15-13-10-14-16-22/h10,13-16,19H,2,5,7,9,12,17H2,1,3-4H3. The molecule has 2 aromatic rings. The fraction of sp³-hybridized carbons (Fsp3) is 0.333. The fourth-order valence-corrected chi connectivity index (χ4v) is 3.16. The topological polar surface area (TPSA) is 4.93 Å². The summed E-state index contributed by atoms with van der Waals surface area (Å²) in [5, 5.41) is 0. The van der Waals surface area contributed by atoms with E-state index in [1.807, 2.05) is 18.2 Å². The van der Waals surface area contributed by atoms with Gasteiger partial charge in [0.15, 0.2) is 0 Å². The lowest BCUT2D eigenvalue weighted by Crippen LogP contribution is -2.03. The molecular formula is C24H27N. The van der Waals surface area contributed by atoms with E-state index in [4.69, 9.17) is 0 Å². The van der Waals surface area contributed by atoms with Crippen molar-refractivity contribution in [1.82, 2.24) is 4.57 Å². The molecule has 0 atom stereocenters. The first kappa shape index (κ1) is 18.7. The minimum atomic E-state index is 0.984. The van der Waals surface area contributed by atoms with Crippen LogP contribution in [0.25, 0.3) is 5.70 Å². The van der Waals surface area contributed by atoms with Gasteiger partial charge in [-0.3, -0.25) is 0 Å². The van der Waals surface area contributed by atoms with Gasteiger partial charge in [-0.25, -0.2) is 0 Å². The molecule has 1 aromatic heterocycles. The first-order valence-electron chi connectivity index (χ1n) is 9.07. The number of unbranched alkanes of at least 4 members (excludes halogenated alkanes) is 3. The summed E-state index contributed by atoms with van der Waals surface area (Å²) in [4.78, 5) is 0. The van der Waals surface area contributed by atoms with Crippen LogP contribution in [0.1, 0.15) is 55.1 Å². The maximum Gasteiger partial charge on any atom is 0.105 e. The SMILES string of the molecule is C=C=C=C=C=C(c1ccccc1)n1c(C)cc(CCCCCC)c1C. The number of aryl methyl sites for hydroxylation is 2. The van der Waals surface area contributed by atoms with Crippen LogP contribution in [0.4, 0.5) is 0 Å². The molecular weight excluding hydrogens is 302 g/mol. The van der Waals surface area contributed by atoms with Gasteiger partial charge in [-0.05, 0) is 62.1 Å². The number of hydrogen-bond acceptors (Lipinski definition) is 0. The van der Waals surface area contributed by atoms with E-state index in [0.717, 1.165) is 17.7 Å². The number of benzene rings is 1. The molecule has 25 heavy (non-hydrogen) atoms. The third kappa shape index (κ3) is 4.91. The molecule has 0 N–H and O–H groups in total. The Bertz CT molecular complexity index is 856. The van der Waals surface area contributed by atoms with Crippen LogP contribution in [-0.4, -0.2) is 4.57 Å². The molecule has 0 bridgehead atoms. The molecule has 0 aliphatic carbocycles. The average Bonchev–Trinajstić information content (AvgIpc) is 2.91. The van der Waals surface area contributed by atoms with Crippen molar-refractivity contribution in [3.63, 3.8) is 0 Å². The van der Waals surface area contributed by atoms with Crippen LogP contribution in [0.5, 0.6) is 0 Å². The fourth-order valence-electron chi connectivity index (χ4n) is 3.16. The van der Waals surface area contributed by atoms with Crippen molar-refractivity contribution in [3.05, 3.63) is 88.4 Å². The van der Waals surface area contributed by atoms with Crippen LogP contribution in [0.3, 0.4) is 0 Å². The van der Waals surface area contributed by atoms with E-state index in [-0.39, 0.29) is 0 Å². The Morgan fingerprint density at radius 2 is 1.80 bits per heavy atom. The Hall–Kier alpha value is -2.64. The molecule has 1 heteroatoms. The largest absolute Gasteiger partial charge is 0.311 e. The highest BCUT2D eigenvalue weighted by Gasteiger charge is 2.13. The molecule has 0 amide bonds. The molecule has 0 fully saturated rings. The van der Waals surface area contributed by atoms with Crippen molar-refractivity contribution in [2.75, 3.05) is 0 Å². The third-order valence-electron chi connectivity index (χ3n) is 4.44. The Morgan fingerprint density at radius 3 is 2.48 bits per heavy atom. The van der Waals surface area contributed by atoms with Gasteiger partial charge in [-0.2, -0.15) is 0 Å². The predicted molar refractivity (Wildman–Crippen MR) is 107 cm³/mol. The molecule has 1 nitrogen and oxygen atoms in total. The Kier molecular flexibility index (Phi) is 7.18. The molecule has 2 rings (SSSR count). The van der Waals surface area contributed by atoms with E-state index in [0.29, 0.717) is 0 Å². The molecule has 1 aromatic carbocycles. The summed E-state index contributed by atoms with van der Waals surface area (Å²) < 4.78 is 2.27. The van der Waals surface area contributed by atoms with Gasteiger partial charge in [0.2, 0.25) is 0 Å². The van der Waals surface area contributed by atoms with Crippen molar-refractivity contribution in [1.29, 1.82) is 0 Å². The Morgan fingerprint density at radius 1 is 1.04 bits per heavy atom. The highest BCUT2D eigenvalue weighted by atomic mass is 15.0. The predicted octanol–water partition coefficient (Wildman–Crippen LogP) is 6.37. The van der Waals surface area contributed by atoms with Crippen LogP contribution >= 0.6 is 0 Å². The lowest BCUT2D eigenvalue weighted by Gasteiger charge is -2.12. The summed E-state index contributed by atoms with van der Waals surface area (Å²) in [5.41, 5.74) is 17.5. The average molecular weight is 329 g/mol. The smallest absolute Gasteiger partial charge is 0.105 e. The Labute approximate surface area is 152 Å². The van der Waals surface area contributed by atoms with Crippen molar-refractivity contribution in [2.45, 2.75) is 52.9 Å². The van der Waals surface area contributed by atoms with Crippen molar-refractivity contribution < 1.29 is 0 Å². The molecule has 0 saturated carbocycles. The molecule has 0 radical (unpaired) electrons. The van der Waals surface area contributed by atoms with Crippen LogP contribution in [0, 0.1) is 13.8 Å². The maximum atomic E-state index is 3.54. The van der Waals surface area contributed by atoms with Gasteiger partial charge in [-0.15, -0.1) is 0 Å². The Balaban J connectivity index is 2.49. The van der Waals surface area contributed by atoms with Gasteiger partial charge in [0.1, 0.15) is 5.70 Å². The van der Waals surface area contributed by atoms with Gasteiger partial charge >= 0.3 is 0 Å². The number of hydrogen-bond donors (Lipinski definition) is 0. The molecule has 0 saturated heterocycles. The number of nitrogens with zero attached hydrogens (tertiary/aromatic N) is 1. The second kappa shape index (κ2) is 9.61. The summed E-state index contributed by atoms with van der Waals surface area (Å²) in [6, 6.07) is 12.6. The molecule has 0 spiro atoms. The minimum absolute atomic E-state index is 0.984. The molecule has 1 heterocycles. The van der Waals surface area contributed by atoms with Crippen molar-refractivity contribution in [3.8, 4) is 0 Å².